The molecule has 0 radical (unpaired) electrons. The molecule has 1 aliphatic heterocycles. The zero-order valence-electron chi connectivity index (χ0n) is 13.1. The predicted molar refractivity (Wildman–Crippen MR) is 87.2 cm³/mol. The molecule has 1 aromatic rings. The molecule has 1 aliphatic rings. The van der Waals surface area contributed by atoms with Crippen LogP contribution in [-0.2, 0) is 6.54 Å². The SMILES string of the molecule is CCC1CNC(C(C)(C)C)CN1Cc1ccc(Cl)cc1. The van der Waals surface area contributed by atoms with E-state index in [4.69, 9.17) is 11.6 Å². The average molecular weight is 295 g/mol. The first-order chi connectivity index (χ1) is 9.40. The van der Waals surface area contributed by atoms with Crippen LogP contribution in [0, 0.1) is 5.41 Å². The van der Waals surface area contributed by atoms with Crippen LogP contribution in [0.2, 0.25) is 5.02 Å². The average Bonchev–Trinajstić information content (AvgIpc) is 2.40. The summed E-state index contributed by atoms with van der Waals surface area (Å²) in [4.78, 5) is 2.62. The van der Waals surface area contributed by atoms with Crippen molar-refractivity contribution in [2.24, 2.45) is 5.41 Å². The fourth-order valence-electron chi connectivity index (χ4n) is 2.86. The molecule has 0 spiro atoms. The minimum atomic E-state index is 0.303. The van der Waals surface area contributed by atoms with Crippen LogP contribution in [-0.4, -0.2) is 30.1 Å². The molecule has 2 nitrogen and oxygen atoms in total. The Bertz CT molecular complexity index is 422. The van der Waals surface area contributed by atoms with Gasteiger partial charge in [-0.25, -0.2) is 0 Å². The van der Waals surface area contributed by atoms with Crippen LogP contribution in [0.25, 0.3) is 0 Å². The first-order valence-corrected chi connectivity index (χ1v) is 8.00. The van der Waals surface area contributed by atoms with Crippen molar-refractivity contribution in [2.75, 3.05) is 13.1 Å². The lowest BCUT2D eigenvalue weighted by Gasteiger charge is -2.45. The van der Waals surface area contributed by atoms with Gasteiger partial charge in [0, 0.05) is 36.7 Å². The molecule has 20 heavy (non-hydrogen) atoms. The summed E-state index contributed by atoms with van der Waals surface area (Å²) in [6.45, 7) is 12.4. The summed E-state index contributed by atoms with van der Waals surface area (Å²) < 4.78 is 0. The Kier molecular flexibility index (Phi) is 5.11. The van der Waals surface area contributed by atoms with Crippen molar-refractivity contribution in [1.82, 2.24) is 10.2 Å². The Morgan fingerprint density at radius 3 is 2.45 bits per heavy atom. The maximum atomic E-state index is 5.97. The third kappa shape index (κ3) is 3.97. The van der Waals surface area contributed by atoms with Gasteiger partial charge in [0.1, 0.15) is 0 Å². The van der Waals surface area contributed by atoms with Gasteiger partial charge in [-0.2, -0.15) is 0 Å². The number of nitrogens with zero attached hydrogens (tertiary/aromatic N) is 1. The molecule has 3 heteroatoms. The maximum absolute atomic E-state index is 5.97. The van der Waals surface area contributed by atoms with Gasteiger partial charge in [-0.3, -0.25) is 4.90 Å². The van der Waals surface area contributed by atoms with E-state index in [1.807, 2.05) is 12.1 Å². The summed E-state index contributed by atoms with van der Waals surface area (Å²) >= 11 is 5.97. The molecule has 112 valence electrons. The van der Waals surface area contributed by atoms with Crippen LogP contribution >= 0.6 is 11.6 Å². The maximum Gasteiger partial charge on any atom is 0.0406 e. The number of nitrogens with one attached hydrogen (secondary N) is 1. The van der Waals surface area contributed by atoms with E-state index in [2.05, 4.69) is 50.0 Å². The molecule has 2 unspecified atom stereocenters. The molecule has 0 saturated carbocycles. The van der Waals surface area contributed by atoms with Gasteiger partial charge in [-0.05, 0) is 29.5 Å². The van der Waals surface area contributed by atoms with E-state index in [-0.39, 0.29) is 0 Å². The highest BCUT2D eigenvalue weighted by Crippen LogP contribution is 2.25. The van der Waals surface area contributed by atoms with Gasteiger partial charge >= 0.3 is 0 Å². The second-order valence-electron chi connectivity index (χ2n) is 6.94. The first-order valence-electron chi connectivity index (χ1n) is 7.62. The lowest BCUT2D eigenvalue weighted by Crippen LogP contribution is -2.59. The van der Waals surface area contributed by atoms with E-state index in [1.54, 1.807) is 0 Å². The topological polar surface area (TPSA) is 15.3 Å². The molecule has 1 aromatic carbocycles. The largest absolute Gasteiger partial charge is 0.311 e. The summed E-state index contributed by atoms with van der Waals surface area (Å²) in [5.41, 5.74) is 1.65. The normalized spacial score (nSPS) is 24.9. The molecule has 0 aliphatic carbocycles. The Morgan fingerprint density at radius 1 is 1.25 bits per heavy atom. The highest BCUT2D eigenvalue weighted by molar-refractivity contribution is 6.30. The monoisotopic (exact) mass is 294 g/mol. The van der Waals surface area contributed by atoms with Crippen molar-refractivity contribution in [1.29, 1.82) is 0 Å². The third-order valence-corrected chi connectivity index (χ3v) is 4.60. The molecule has 1 heterocycles. The van der Waals surface area contributed by atoms with Gasteiger partial charge in [0.05, 0.1) is 0 Å². The smallest absolute Gasteiger partial charge is 0.0406 e. The van der Waals surface area contributed by atoms with Gasteiger partial charge in [0.2, 0.25) is 0 Å². The molecule has 0 amide bonds. The Morgan fingerprint density at radius 2 is 1.90 bits per heavy atom. The third-order valence-electron chi connectivity index (χ3n) is 4.35. The number of hydrogen-bond donors (Lipinski definition) is 1. The van der Waals surface area contributed by atoms with Crippen molar-refractivity contribution in [2.45, 2.75) is 52.7 Å². The molecule has 0 aromatic heterocycles. The second kappa shape index (κ2) is 6.46. The highest BCUT2D eigenvalue weighted by Gasteiger charge is 2.33. The number of rotatable bonds is 3. The van der Waals surface area contributed by atoms with Crippen LogP contribution < -0.4 is 5.32 Å². The molecule has 1 fully saturated rings. The summed E-state index contributed by atoms with van der Waals surface area (Å²) in [7, 11) is 0. The Balaban J connectivity index is 2.07. The fourth-order valence-corrected chi connectivity index (χ4v) is 2.98. The molecular weight excluding hydrogens is 268 g/mol. The van der Waals surface area contributed by atoms with Gasteiger partial charge in [0.15, 0.2) is 0 Å². The van der Waals surface area contributed by atoms with Crippen LogP contribution in [0.15, 0.2) is 24.3 Å². The zero-order chi connectivity index (χ0) is 14.8. The summed E-state index contributed by atoms with van der Waals surface area (Å²) in [5.74, 6) is 0. The minimum absolute atomic E-state index is 0.303. The second-order valence-corrected chi connectivity index (χ2v) is 7.38. The summed E-state index contributed by atoms with van der Waals surface area (Å²) in [6.07, 6.45) is 1.19. The summed E-state index contributed by atoms with van der Waals surface area (Å²) in [6, 6.07) is 9.44. The molecular formula is C17H27ClN2. The molecule has 2 atom stereocenters. The van der Waals surface area contributed by atoms with Crippen molar-refractivity contribution in [3.8, 4) is 0 Å². The van der Waals surface area contributed by atoms with Crippen molar-refractivity contribution >= 4 is 11.6 Å². The van der Waals surface area contributed by atoms with E-state index in [1.165, 1.54) is 12.0 Å². The standard InChI is InChI=1S/C17H27ClN2/c1-5-15-10-19-16(17(2,3)4)12-20(15)11-13-6-8-14(18)9-7-13/h6-9,15-16,19H,5,10-12H2,1-4H3. The van der Waals surface area contributed by atoms with E-state index >= 15 is 0 Å². The lowest BCUT2D eigenvalue weighted by atomic mass is 9.84. The summed E-state index contributed by atoms with van der Waals surface area (Å²) in [5, 5.41) is 4.54. The molecule has 2 rings (SSSR count). The van der Waals surface area contributed by atoms with Gasteiger partial charge in [0.25, 0.3) is 0 Å². The number of benzene rings is 1. The quantitative estimate of drug-likeness (QED) is 0.908. The highest BCUT2D eigenvalue weighted by atomic mass is 35.5. The molecule has 1 saturated heterocycles. The number of halogens is 1. The van der Waals surface area contributed by atoms with Gasteiger partial charge in [-0.15, -0.1) is 0 Å². The van der Waals surface area contributed by atoms with Crippen molar-refractivity contribution in [3.05, 3.63) is 34.9 Å². The van der Waals surface area contributed by atoms with Crippen LogP contribution in [0.3, 0.4) is 0 Å². The van der Waals surface area contributed by atoms with E-state index in [0.717, 1.165) is 24.7 Å². The van der Waals surface area contributed by atoms with Crippen LogP contribution in [0.4, 0.5) is 0 Å². The lowest BCUT2D eigenvalue weighted by molar-refractivity contribution is 0.0775. The number of piperazine rings is 1. The number of hydrogen-bond acceptors (Lipinski definition) is 2. The Hall–Kier alpha value is -0.570. The van der Waals surface area contributed by atoms with Crippen LogP contribution in [0.1, 0.15) is 39.7 Å². The van der Waals surface area contributed by atoms with Gasteiger partial charge < -0.3 is 5.32 Å². The first kappa shape index (κ1) is 15.8. The minimum Gasteiger partial charge on any atom is -0.311 e. The van der Waals surface area contributed by atoms with Gasteiger partial charge in [-0.1, -0.05) is 51.4 Å². The van der Waals surface area contributed by atoms with E-state index in [9.17, 15) is 0 Å². The Labute approximate surface area is 128 Å². The van der Waals surface area contributed by atoms with E-state index < -0.39 is 0 Å². The molecule has 0 bridgehead atoms. The van der Waals surface area contributed by atoms with Crippen LogP contribution in [0.5, 0.6) is 0 Å². The molecule has 1 N–H and O–H groups in total. The predicted octanol–water partition coefficient (Wildman–Crippen LogP) is 3.94. The van der Waals surface area contributed by atoms with E-state index in [0.29, 0.717) is 17.5 Å². The van der Waals surface area contributed by atoms with Crippen molar-refractivity contribution < 1.29 is 0 Å². The zero-order valence-corrected chi connectivity index (χ0v) is 13.9. The van der Waals surface area contributed by atoms with Crippen molar-refractivity contribution in [3.63, 3.8) is 0 Å². The fraction of sp³-hybridized carbons (Fsp3) is 0.647.